The molecule has 1 aliphatic carbocycles. The molecule has 2 unspecified atom stereocenters. The van der Waals surface area contributed by atoms with Gasteiger partial charge in [0.05, 0.1) is 23.8 Å². The largest absolute Gasteiger partial charge is 0.490 e. The zero-order valence-electron chi connectivity index (χ0n) is 11.7. The van der Waals surface area contributed by atoms with Gasteiger partial charge in [-0.3, -0.25) is 10.1 Å². The molecule has 1 fully saturated rings. The van der Waals surface area contributed by atoms with Crippen molar-refractivity contribution in [2.75, 3.05) is 19.0 Å². The van der Waals surface area contributed by atoms with Crippen LogP contribution >= 0.6 is 0 Å². The van der Waals surface area contributed by atoms with Crippen molar-refractivity contribution >= 4 is 11.4 Å². The van der Waals surface area contributed by atoms with E-state index in [1.165, 1.54) is 26.0 Å². The average Bonchev–Trinajstić information content (AvgIpc) is 2.82. The SMILES string of the molecule is COc1cc(NCC2CCCC2C)c(F)cc1[N+](=O)[O-]. The summed E-state index contributed by atoms with van der Waals surface area (Å²) in [6.45, 7) is 2.88. The molecule has 0 aliphatic heterocycles. The predicted octanol–water partition coefficient (Wildman–Crippen LogP) is 3.59. The van der Waals surface area contributed by atoms with Crippen LogP contribution in [0.15, 0.2) is 12.1 Å². The van der Waals surface area contributed by atoms with Crippen LogP contribution in [-0.2, 0) is 0 Å². The zero-order valence-corrected chi connectivity index (χ0v) is 11.7. The molecule has 0 saturated heterocycles. The summed E-state index contributed by atoms with van der Waals surface area (Å²) < 4.78 is 18.8. The van der Waals surface area contributed by atoms with Gasteiger partial charge < -0.3 is 10.1 Å². The van der Waals surface area contributed by atoms with Crippen molar-refractivity contribution in [2.24, 2.45) is 11.8 Å². The van der Waals surface area contributed by atoms with Crippen LogP contribution in [0.2, 0.25) is 0 Å². The molecule has 0 spiro atoms. The van der Waals surface area contributed by atoms with E-state index < -0.39 is 10.7 Å². The van der Waals surface area contributed by atoms with Crippen molar-refractivity contribution < 1.29 is 14.1 Å². The molecule has 0 aromatic heterocycles. The Morgan fingerprint density at radius 2 is 2.25 bits per heavy atom. The van der Waals surface area contributed by atoms with Crippen molar-refractivity contribution in [1.82, 2.24) is 0 Å². The lowest BCUT2D eigenvalue weighted by Crippen LogP contribution is -2.17. The monoisotopic (exact) mass is 282 g/mol. The van der Waals surface area contributed by atoms with E-state index in [9.17, 15) is 14.5 Å². The number of rotatable bonds is 5. The van der Waals surface area contributed by atoms with E-state index in [2.05, 4.69) is 12.2 Å². The second kappa shape index (κ2) is 6.07. The summed E-state index contributed by atoms with van der Waals surface area (Å²) in [6, 6.07) is 2.26. The fourth-order valence-corrected chi connectivity index (χ4v) is 2.75. The Kier molecular flexibility index (Phi) is 4.42. The molecule has 1 saturated carbocycles. The fourth-order valence-electron chi connectivity index (χ4n) is 2.75. The molecule has 0 heterocycles. The van der Waals surface area contributed by atoms with Crippen molar-refractivity contribution in [3.63, 3.8) is 0 Å². The lowest BCUT2D eigenvalue weighted by molar-refractivity contribution is -0.385. The number of nitrogens with one attached hydrogen (secondary N) is 1. The van der Waals surface area contributed by atoms with Crippen LogP contribution in [0, 0.1) is 27.8 Å². The minimum absolute atomic E-state index is 0.0679. The summed E-state index contributed by atoms with van der Waals surface area (Å²) in [5, 5.41) is 13.8. The number of nitrogens with zero attached hydrogens (tertiary/aromatic N) is 1. The smallest absolute Gasteiger partial charge is 0.313 e. The highest BCUT2D eigenvalue weighted by Crippen LogP contribution is 2.34. The molecule has 6 heteroatoms. The van der Waals surface area contributed by atoms with Gasteiger partial charge in [0.2, 0.25) is 0 Å². The van der Waals surface area contributed by atoms with Crippen LogP contribution in [0.3, 0.4) is 0 Å². The highest BCUT2D eigenvalue weighted by atomic mass is 19.1. The van der Waals surface area contributed by atoms with Gasteiger partial charge in [-0.2, -0.15) is 0 Å². The average molecular weight is 282 g/mol. The van der Waals surface area contributed by atoms with Gasteiger partial charge in [0.15, 0.2) is 11.6 Å². The number of nitro groups is 1. The number of benzene rings is 1. The lowest BCUT2D eigenvalue weighted by Gasteiger charge is -2.17. The van der Waals surface area contributed by atoms with Crippen LogP contribution in [-0.4, -0.2) is 18.6 Å². The first-order chi connectivity index (χ1) is 9.52. The molecule has 1 aromatic carbocycles. The Morgan fingerprint density at radius 1 is 1.50 bits per heavy atom. The minimum atomic E-state index is -0.648. The summed E-state index contributed by atoms with van der Waals surface area (Å²) in [4.78, 5) is 10.1. The molecule has 110 valence electrons. The summed E-state index contributed by atoms with van der Waals surface area (Å²) in [6.07, 6.45) is 3.55. The van der Waals surface area contributed by atoms with Gasteiger partial charge in [0, 0.05) is 12.6 Å². The second-order valence-electron chi connectivity index (χ2n) is 5.31. The van der Waals surface area contributed by atoms with Gasteiger partial charge in [-0.15, -0.1) is 0 Å². The number of halogens is 1. The van der Waals surface area contributed by atoms with Crippen LogP contribution in [0.25, 0.3) is 0 Å². The maximum Gasteiger partial charge on any atom is 0.313 e. The number of ether oxygens (including phenoxy) is 1. The van der Waals surface area contributed by atoms with Crippen LogP contribution in [0.1, 0.15) is 26.2 Å². The van der Waals surface area contributed by atoms with E-state index in [4.69, 9.17) is 4.74 Å². The predicted molar refractivity (Wildman–Crippen MR) is 74.6 cm³/mol. The van der Waals surface area contributed by atoms with Crippen molar-refractivity contribution in [1.29, 1.82) is 0 Å². The third-order valence-corrected chi connectivity index (χ3v) is 4.06. The van der Waals surface area contributed by atoms with Gasteiger partial charge in [0.1, 0.15) is 0 Å². The van der Waals surface area contributed by atoms with Crippen molar-refractivity contribution in [2.45, 2.75) is 26.2 Å². The highest BCUT2D eigenvalue weighted by Gasteiger charge is 2.24. The molecule has 1 aliphatic rings. The number of hydrogen-bond acceptors (Lipinski definition) is 4. The Bertz CT molecular complexity index is 507. The molecule has 1 N–H and O–H groups in total. The van der Waals surface area contributed by atoms with Crippen molar-refractivity contribution in [3.8, 4) is 5.75 Å². The first kappa shape index (κ1) is 14.6. The first-order valence-electron chi connectivity index (χ1n) is 6.78. The van der Waals surface area contributed by atoms with Gasteiger partial charge in [-0.05, 0) is 18.3 Å². The molecule has 1 aromatic rings. The molecule has 0 radical (unpaired) electrons. The molecular formula is C14H19FN2O3. The maximum absolute atomic E-state index is 13.9. The summed E-state index contributed by atoms with van der Waals surface area (Å²) in [7, 11) is 1.34. The molecule has 2 rings (SSSR count). The van der Waals surface area contributed by atoms with Crippen LogP contribution in [0.5, 0.6) is 5.75 Å². The van der Waals surface area contributed by atoms with E-state index >= 15 is 0 Å². The third kappa shape index (κ3) is 3.00. The molecule has 0 amide bonds. The summed E-state index contributed by atoms with van der Waals surface area (Å²) >= 11 is 0. The molecule has 20 heavy (non-hydrogen) atoms. The molecule has 5 nitrogen and oxygen atoms in total. The van der Waals surface area contributed by atoms with Crippen LogP contribution in [0.4, 0.5) is 15.8 Å². The normalized spacial score (nSPS) is 21.8. The van der Waals surface area contributed by atoms with Crippen LogP contribution < -0.4 is 10.1 Å². The molecular weight excluding hydrogens is 263 g/mol. The van der Waals surface area contributed by atoms with E-state index in [1.54, 1.807) is 0 Å². The Morgan fingerprint density at radius 3 is 2.80 bits per heavy atom. The second-order valence-corrected chi connectivity index (χ2v) is 5.31. The highest BCUT2D eigenvalue weighted by molar-refractivity contribution is 5.59. The van der Waals surface area contributed by atoms with E-state index in [0.717, 1.165) is 12.5 Å². The van der Waals surface area contributed by atoms with Gasteiger partial charge in [-0.1, -0.05) is 19.8 Å². The number of anilines is 1. The van der Waals surface area contributed by atoms with Gasteiger partial charge in [0.25, 0.3) is 0 Å². The minimum Gasteiger partial charge on any atom is -0.490 e. The van der Waals surface area contributed by atoms with Crippen molar-refractivity contribution in [3.05, 3.63) is 28.1 Å². The number of nitro benzene ring substituents is 1. The number of methoxy groups -OCH3 is 1. The lowest BCUT2D eigenvalue weighted by atomic mass is 9.98. The first-order valence-corrected chi connectivity index (χ1v) is 6.78. The summed E-state index contributed by atoms with van der Waals surface area (Å²) in [5.41, 5.74) is -0.101. The molecule has 0 bridgehead atoms. The van der Waals surface area contributed by atoms with E-state index in [-0.39, 0.29) is 17.1 Å². The number of hydrogen-bond donors (Lipinski definition) is 1. The fraction of sp³-hybridized carbons (Fsp3) is 0.571. The summed E-state index contributed by atoms with van der Waals surface area (Å²) in [5.74, 6) is 0.600. The quantitative estimate of drug-likeness (QED) is 0.662. The van der Waals surface area contributed by atoms with Gasteiger partial charge in [-0.25, -0.2) is 4.39 Å². The standard InChI is InChI=1S/C14H19FN2O3/c1-9-4-3-5-10(9)8-16-12-7-14(20-2)13(17(18)19)6-11(12)15/h6-7,9-10,16H,3-5,8H2,1-2H3. The van der Waals surface area contributed by atoms with E-state index in [0.29, 0.717) is 18.4 Å². The Hall–Kier alpha value is -1.85. The Labute approximate surface area is 117 Å². The van der Waals surface area contributed by atoms with E-state index in [1.807, 2.05) is 0 Å². The third-order valence-electron chi connectivity index (χ3n) is 4.06. The van der Waals surface area contributed by atoms with Gasteiger partial charge >= 0.3 is 5.69 Å². The topological polar surface area (TPSA) is 64.4 Å². The molecule has 2 atom stereocenters. The zero-order chi connectivity index (χ0) is 14.7. The maximum atomic E-state index is 13.9. The Balaban J connectivity index is 2.13.